The summed E-state index contributed by atoms with van der Waals surface area (Å²) in [4.78, 5) is 29.3. The molecule has 8 heteroatoms. The van der Waals surface area contributed by atoms with Gasteiger partial charge in [-0.25, -0.2) is 4.79 Å². The molecule has 0 atom stereocenters. The van der Waals surface area contributed by atoms with E-state index in [2.05, 4.69) is 33.0 Å². The lowest BCUT2D eigenvalue weighted by molar-refractivity contribution is 0.0524. The lowest BCUT2D eigenvalue weighted by atomic mass is 10.1. The zero-order valence-electron chi connectivity index (χ0n) is 19.9. The van der Waals surface area contributed by atoms with Gasteiger partial charge in [-0.05, 0) is 41.5 Å². The van der Waals surface area contributed by atoms with Gasteiger partial charge in [0.15, 0.2) is 0 Å². The van der Waals surface area contributed by atoms with E-state index in [9.17, 15) is 9.59 Å². The first-order valence-corrected chi connectivity index (χ1v) is 12.9. The Kier molecular flexibility index (Phi) is 8.05. The van der Waals surface area contributed by atoms with Gasteiger partial charge in [-0.3, -0.25) is 9.69 Å². The Bertz CT molecular complexity index is 1400. The Balaban J connectivity index is 1.81. The van der Waals surface area contributed by atoms with E-state index in [1.807, 2.05) is 54.1 Å². The second kappa shape index (κ2) is 11.2. The molecule has 0 N–H and O–H groups in total. The highest BCUT2D eigenvalue weighted by Gasteiger charge is 2.23. The number of carbonyl (C=O) groups excluding carboxylic acids is 1. The lowest BCUT2D eigenvalue weighted by Crippen LogP contribution is -2.23. The number of aromatic nitrogens is 1. The zero-order valence-corrected chi connectivity index (χ0v) is 22.3. The van der Waals surface area contributed by atoms with Gasteiger partial charge in [0.25, 0.3) is 0 Å². The van der Waals surface area contributed by atoms with Gasteiger partial charge in [-0.15, -0.1) is 11.3 Å². The number of thiophene rings is 1. The largest absolute Gasteiger partial charge is 0.496 e. The minimum absolute atomic E-state index is 0.0338. The number of hydrogen-bond acceptors (Lipinski definition) is 6. The van der Waals surface area contributed by atoms with Crippen molar-refractivity contribution in [3.63, 3.8) is 0 Å². The third-order valence-electron chi connectivity index (χ3n) is 5.71. The second-order valence-corrected chi connectivity index (χ2v) is 10.5. The molecule has 0 aliphatic heterocycles. The van der Waals surface area contributed by atoms with Crippen LogP contribution in [-0.4, -0.2) is 36.2 Å². The molecule has 0 aliphatic rings. The van der Waals surface area contributed by atoms with Crippen LogP contribution in [0.1, 0.15) is 34.0 Å². The summed E-state index contributed by atoms with van der Waals surface area (Å²) in [6, 6.07) is 17.9. The fraction of sp³-hybridized carbons (Fsp3) is 0.259. The van der Waals surface area contributed by atoms with Crippen LogP contribution >= 0.6 is 27.3 Å². The Labute approximate surface area is 216 Å². The van der Waals surface area contributed by atoms with Crippen molar-refractivity contribution in [3.05, 3.63) is 97.1 Å². The quantitative estimate of drug-likeness (QED) is 0.249. The van der Waals surface area contributed by atoms with E-state index in [1.165, 1.54) is 16.9 Å². The molecule has 0 bridgehead atoms. The van der Waals surface area contributed by atoms with E-state index in [-0.39, 0.29) is 17.6 Å². The van der Waals surface area contributed by atoms with Crippen molar-refractivity contribution in [2.75, 3.05) is 20.8 Å². The van der Waals surface area contributed by atoms with Gasteiger partial charge < -0.3 is 14.0 Å². The normalized spacial score (nSPS) is 11.2. The van der Waals surface area contributed by atoms with Crippen molar-refractivity contribution < 1.29 is 14.3 Å². The molecule has 0 saturated heterocycles. The monoisotopic (exact) mass is 554 g/mol. The van der Waals surface area contributed by atoms with Crippen LogP contribution in [0, 0.1) is 0 Å². The Morgan fingerprint density at radius 3 is 2.51 bits per heavy atom. The number of hydrogen-bond donors (Lipinski definition) is 0. The average Bonchev–Trinajstić information content (AvgIpc) is 3.18. The molecule has 0 amide bonds. The van der Waals surface area contributed by atoms with Crippen LogP contribution in [0.25, 0.3) is 10.2 Å². The van der Waals surface area contributed by atoms with Crippen molar-refractivity contribution in [2.45, 2.75) is 26.6 Å². The number of pyridine rings is 1. The van der Waals surface area contributed by atoms with Crippen LogP contribution < -0.4 is 10.2 Å². The molecule has 35 heavy (non-hydrogen) atoms. The predicted molar refractivity (Wildman–Crippen MR) is 143 cm³/mol. The highest BCUT2D eigenvalue weighted by molar-refractivity contribution is 9.11. The molecule has 0 saturated carbocycles. The Morgan fingerprint density at radius 2 is 1.80 bits per heavy atom. The first kappa shape index (κ1) is 25.2. The van der Waals surface area contributed by atoms with Crippen LogP contribution in [0.5, 0.6) is 5.75 Å². The van der Waals surface area contributed by atoms with E-state index in [4.69, 9.17) is 9.47 Å². The number of benzene rings is 2. The summed E-state index contributed by atoms with van der Waals surface area (Å²) in [5.74, 6) is 0.134. The van der Waals surface area contributed by atoms with Gasteiger partial charge in [-0.2, -0.15) is 0 Å². The molecule has 2 aromatic carbocycles. The third-order valence-corrected chi connectivity index (χ3v) is 7.73. The summed E-state index contributed by atoms with van der Waals surface area (Å²) in [6.07, 6.45) is 1.61. The molecule has 0 unspecified atom stereocenters. The molecule has 0 radical (unpaired) electrons. The van der Waals surface area contributed by atoms with E-state index in [0.29, 0.717) is 18.5 Å². The van der Waals surface area contributed by atoms with E-state index in [1.54, 1.807) is 20.2 Å². The average molecular weight is 555 g/mol. The van der Waals surface area contributed by atoms with Gasteiger partial charge in [-0.1, -0.05) is 48.5 Å². The minimum atomic E-state index is -0.612. The van der Waals surface area contributed by atoms with Crippen LogP contribution in [0.2, 0.25) is 0 Å². The van der Waals surface area contributed by atoms with Gasteiger partial charge >= 0.3 is 5.97 Å². The van der Waals surface area contributed by atoms with Crippen molar-refractivity contribution in [2.24, 2.45) is 0 Å². The highest BCUT2D eigenvalue weighted by atomic mass is 79.9. The summed E-state index contributed by atoms with van der Waals surface area (Å²) < 4.78 is 13.6. The fourth-order valence-electron chi connectivity index (χ4n) is 4.12. The van der Waals surface area contributed by atoms with Crippen molar-refractivity contribution in [1.82, 2.24) is 9.47 Å². The predicted octanol–water partition coefficient (Wildman–Crippen LogP) is 5.69. The molecular weight excluding hydrogens is 528 g/mol. The Morgan fingerprint density at radius 1 is 1.09 bits per heavy atom. The SMILES string of the molecule is CCOC(=O)c1cn(Cc2ccccc2OC)c2sc(Br)c(CN(C)Cc3ccccc3)c2c1=O. The Hall–Kier alpha value is -2.94. The molecule has 4 rings (SSSR count). The molecule has 0 fully saturated rings. The third kappa shape index (κ3) is 5.50. The summed E-state index contributed by atoms with van der Waals surface area (Å²) in [6.45, 7) is 3.65. The van der Waals surface area contributed by atoms with Gasteiger partial charge in [0, 0.05) is 30.4 Å². The standard InChI is InChI=1S/C27H27BrN2O4S/c1-4-34-27(32)21-17-30(15-19-12-8-9-13-22(19)33-3)26-23(24(21)31)20(25(28)35-26)16-29(2)14-18-10-6-5-7-11-18/h5-13,17H,4,14-16H2,1-3H3. The molecule has 4 aromatic rings. The number of nitrogens with zero attached hydrogens (tertiary/aromatic N) is 2. The molecule has 0 spiro atoms. The maximum atomic E-state index is 13.6. The van der Waals surface area contributed by atoms with E-state index in [0.717, 1.165) is 32.0 Å². The first-order chi connectivity index (χ1) is 16.9. The minimum Gasteiger partial charge on any atom is -0.496 e. The molecule has 2 heterocycles. The van der Waals surface area contributed by atoms with Crippen molar-refractivity contribution in [1.29, 1.82) is 0 Å². The number of ether oxygens (including phenoxy) is 2. The van der Waals surface area contributed by atoms with Gasteiger partial charge in [0.1, 0.15) is 16.1 Å². The number of fused-ring (bicyclic) bond motifs is 1. The van der Waals surface area contributed by atoms with Crippen LogP contribution in [-0.2, 0) is 24.4 Å². The lowest BCUT2D eigenvalue weighted by Gasteiger charge is -2.17. The maximum Gasteiger partial charge on any atom is 0.343 e. The van der Waals surface area contributed by atoms with E-state index >= 15 is 0 Å². The molecule has 182 valence electrons. The number of esters is 1. The summed E-state index contributed by atoms with van der Waals surface area (Å²) in [5, 5.41) is 0.544. The highest BCUT2D eigenvalue weighted by Crippen LogP contribution is 2.36. The zero-order chi connectivity index (χ0) is 24.9. The molecule has 6 nitrogen and oxygen atoms in total. The number of carbonyl (C=O) groups is 1. The molecule has 2 aromatic heterocycles. The topological polar surface area (TPSA) is 60.8 Å². The maximum absolute atomic E-state index is 13.6. The van der Waals surface area contributed by atoms with Crippen LogP contribution in [0.3, 0.4) is 0 Å². The molecular formula is C27H27BrN2O4S. The number of rotatable bonds is 9. The summed E-state index contributed by atoms with van der Waals surface area (Å²) in [5.41, 5.74) is 2.73. The van der Waals surface area contributed by atoms with E-state index < -0.39 is 5.97 Å². The number of methoxy groups -OCH3 is 1. The van der Waals surface area contributed by atoms with Crippen molar-refractivity contribution >= 4 is 43.5 Å². The summed E-state index contributed by atoms with van der Waals surface area (Å²) in [7, 11) is 3.65. The molecule has 0 aliphatic carbocycles. The van der Waals surface area contributed by atoms with Crippen molar-refractivity contribution in [3.8, 4) is 5.75 Å². The smallest absolute Gasteiger partial charge is 0.343 e. The van der Waals surface area contributed by atoms with Crippen LogP contribution in [0.15, 0.2) is 69.4 Å². The first-order valence-electron chi connectivity index (χ1n) is 11.3. The summed E-state index contributed by atoms with van der Waals surface area (Å²) >= 11 is 5.19. The van der Waals surface area contributed by atoms with Crippen LogP contribution in [0.4, 0.5) is 0 Å². The number of halogens is 1. The number of para-hydroxylation sites is 1. The second-order valence-electron chi connectivity index (χ2n) is 8.22. The van der Waals surface area contributed by atoms with Gasteiger partial charge in [0.05, 0.1) is 29.4 Å². The van der Waals surface area contributed by atoms with Gasteiger partial charge in [0.2, 0.25) is 5.43 Å². The fourth-order valence-corrected chi connectivity index (χ4v) is 5.92.